The van der Waals surface area contributed by atoms with Gasteiger partial charge in [0.25, 0.3) is 11.5 Å². The molecule has 2 fully saturated rings. The number of hydrogen-bond donors (Lipinski definition) is 2. The van der Waals surface area contributed by atoms with E-state index in [0.717, 1.165) is 32.1 Å². The number of aromatic nitrogens is 2. The van der Waals surface area contributed by atoms with E-state index in [1.165, 1.54) is 10.5 Å². The summed E-state index contributed by atoms with van der Waals surface area (Å²) in [4.78, 5) is 44.4. The molecule has 3 heterocycles. The van der Waals surface area contributed by atoms with Crippen LogP contribution in [-0.2, 0) is 9.59 Å². The average Bonchev–Trinajstić information content (AvgIpc) is 2.84. The molecule has 0 bridgehead atoms. The topological polar surface area (TPSA) is 134 Å². The van der Waals surface area contributed by atoms with E-state index in [4.69, 9.17) is 5.73 Å². The lowest BCUT2D eigenvalue weighted by Crippen LogP contribution is -2.40. The zero-order valence-corrected chi connectivity index (χ0v) is 18.5. The minimum absolute atomic E-state index is 0.0473. The maximum atomic E-state index is 13.4. The highest BCUT2D eigenvalue weighted by molar-refractivity contribution is 6.02. The smallest absolute Gasteiger partial charge is 0.267 e. The van der Waals surface area contributed by atoms with Crippen molar-refractivity contribution in [2.75, 3.05) is 18.0 Å². The number of nitriles is 1. The van der Waals surface area contributed by atoms with Gasteiger partial charge in [-0.2, -0.15) is 5.26 Å². The third-order valence-corrected chi connectivity index (χ3v) is 6.54. The SMILES string of the molecule is N#C/C(=C\c1c(N2CCC(C(N)=O)CC2)nc2ccccn2c1=O)C(=O)NC1CCCCC1. The van der Waals surface area contributed by atoms with Crippen molar-refractivity contribution in [3.05, 3.63) is 45.9 Å². The summed E-state index contributed by atoms with van der Waals surface area (Å²) in [6.07, 6.45) is 9.12. The van der Waals surface area contributed by atoms with Crippen molar-refractivity contribution < 1.29 is 9.59 Å². The number of fused-ring (bicyclic) bond motifs is 1. The first-order chi connectivity index (χ1) is 16.0. The van der Waals surface area contributed by atoms with Crippen LogP contribution in [0.5, 0.6) is 0 Å². The molecule has 1 aliphatic carbocycles. The molecule has 2 aliphatic rings. The Labute approximate surface area is 191 Å². The molecule has 2 aromatic heterocycles. The standard InChI is InChI=1S/C24H28N6O3/c25-15-17(23(32)27-18-6-2-1-3-7-18)14-19-22(29-12-9-16(10-13-29)21(26)31)28-20-8-4-5-11-30(20)24(19)33/h4-5,8,11,14,16,18H,1-3,6-7,9-10,12-13H2,(H2,26,31)(H,27,32)/b17-14+. The molecule has 0 atom stereocenters. The monoisotopic (exact) mass is 448 g/mol. The summed E-state index contributed by atoms with van der Waals surface area (Å²) in [5.74, 6) is -0.599. The summed E-state index contributed by atoms with van der Waals surface area (Å²) in [7, 11) is 0. The molecule has 33 heavy (non-hydrogen) atoms. The maximum absolute atomic E-state index is 13.4. The predicted molar refractivity (Wildman–Crippen MR) is 124 cm³/mol. The minimum atomic E-state index is -0.472. The van der Waals surface area contributed by atoms with Crippen LogP contribution in [0.25, 0.3) is 11.7 Å². The molecule has 9 nitrogen and oxygen atoms in total. The number of nitrogens with zero attached hydrogens (tertiary/aromatic N) is 4. The summed E-state index contributed by atoms with van der Waals surface area (Å²) in [5.41, 5.74) is 5.64. The van der Waals surface area contributed by atoms with E-state index in [-0.39, 0.29) is 34.6 Å². The number of carbonyl (C=O) groups is 2. The van der Waals surface area contributed by atoms with E-state index >= 15 is 0 Å². The first-order valence-electron chi connectivity index (χ1n) is 11.5. The minimum Gasteiger partial charge on any atom is -0.369 e. The highest BCUT2D eigenvalue weighted by Gasteiger charge is 2.27. The quantitative estimate of drug-likeness (QED) is 0.529. The molecule has 172 valence electrons. The highest BCUT2D eigenvalue weighted by atomic mass is 16.2. The summed E-state index contributed by atoms with van der Waals surface area (Å²) in [6, 6.07) is 7.25. The Balaban J connectivity index is 1.71. The lowest BCUT2D eigenvalue weighted by molar-refractivity contribution is -0.122. The van der Waals surface area contributed by atoms with Crippen molar-refractivity contribution in [3.8, 4) is 6.07 Å². The van der Waals surface area contributed by atoms with Gasteiger partial charge in [0, 0.05) is 31.2 Å². The summed E-state index contributed by atoms with van der Waals surface area (Å²) in [6.45, 7) is 1.00. The van der Waals surface area contributed by atoms with Crippen LogP contribution in [0.4, 0.5) is 5.82 Å². The third kappa shape index (κ3) is 4.90. The van der Waals surface area contributed by atoms with Crippen LogP contribution in [0.3, 0.4) is 0 Å². The average molecular weight is 449 g/mol. The zero-order chi connectivity index (χ0) is 23.4. The number of rotatable bonds is 5. The van der Waals surface area contributed by atoms with E-state index in [9.17, 15) is 19.6 Å². The first kappa shape index (κ1) is 22.5. The van der Waals surface area contributed by atoms with Crippen LogP contribution in [0, 0.1) is 17.2 Å². The Morgan fingerprint density at radius 1 is 1.15 bits per heavy atom. The van der Waals surface area contributed by atoms with Crippen molar-refractivity contribution in [2.45, 2.75) is 51.0 Å². The molecule has 2 amide bonds. The molecule has 9 heteroatoms. The summed E-state index contributed by atoms with van der Waals surface area (Å²) >= 11 is 0. The van der Waals surface area contributed by atoms with Crippen molar-refractivity contribution in [3.63, 3.8) is 0 Å². The molecule has 0 aromatic carbocycles. The lowest BCUT2D eigenvalue weighted by Gasteiger charge is -2.32. The molecule has 1 aliphatic heterocycles. The highest BCUT2D eigenvalue weighted by Crippen LogP contribution is 2.25. The Morgan fingerprint density at radius 2 is 1.88 bits per heavy atom. The van der Waals surface area contributed by atoms with E-state index in [0.29, 0.717) is 37.4 Å². The molecule has 0 spiro atoms. The summed E-state index contributed by atoms with van der Waals surface area (Å²) in [5, 5.41) is 12.7. The van der Waals surface area contributed by atoms with Crippen molar-refractivity contribution in [1.82, 2.24) is 14.7 Å². The van der Waals surface area contributed by atoms with Crippen LogP contribution < -0.4 is 21.5 Å². The number of primary amides is 1. The van der Waals surface area contributed by atoms with Crippen molar-refractivity contribution >= 4 is 29.4 Å². The largest absolute Gasteiger partial charge is 0.369 e. The van der Waals surface area contributed by atoms with Gasteiger partial charge in [-0.05, 0) is 43.9 Å². The number of hydrogen-bond acceptors (Lipinski definition) is 6. The van der Waals surface area contributed by atoms with Crippen LogP contribution in [0.2, 0.25) is 0 Å². The molecular formula is C24H28N6O3. The van der Waals surface area contributed by atoms with Gasteiger partial charge < -0.3 is 16.0 Å². The van der Waals surface area contributed by atoms with E-state index < -0.39 is 5.91 Å². The van der Waals surface area contributed by atoms with Crippen molar-refractivity contribution in [1.29, 1.82) is 5.26 Å². The van der Waals surface area contributed by atoms with Crippen LogP contribution in [-0.4, -0.2) is 40.3 Å². The molecule has 0 radical (unpaired) electrons. The van der Waals surface area contributed by atoms with Gasteiger partial charge in [-0.15, -0.1) is 0 Å². The second-order valence-electron chi connectivity index (χ2n) is 8.72. The Bertz CT molecular complexity index is 1180. The maximum Gasteiger partial charge on any atom is 0.267 e. The molecule has 3 N–H and O–H groups in total. The second kappa shape index (κ2) is 9.86. The molecule has 0 unspecified atom stereocenters. The molecule has 2 aromatic rings. The fraction of sp³-hybridized carbons (Fsp3) is 0.458. The number of amides is 2. The van der Waals surface area contributed by atoms with Gasteiger partial charge in [0.1, 0.15) is 23.1 Å². The fourth-order valence-corrected chi connectivity index (χ4v) is 4.64. The third-order valence-electron chi connectivity index (χ3n) is 6.54. The molecule has 4 rings (SSSR count). The van der Waals surface area contributed by atoms with Gasteiger partial charge in [-0.1, -0.05) is 25.3 Å². The molecule has 1 saturated heterocycles. The van der Waals surface area contributed by atoms with Crippen molar-refractivity contribution in [2.24, 2.45) is 11.7 Å². The normalized spacial score (nSPS) is 18.2. The van der Waals surface area contributed by atoms with Gasteiger partial charge in [0.2, 0.25) is 5.91 Å². The molecular weight excluding hydrogens is 420 g/mol. The van der Waals surface area contributed by atoms with Crippen LogP contribution in [0.1, 0.15) is 50.5 Å². The Kier molecular flexibility index (Phi) is 6.73. The Hall–Kier alpha value is -3.67. The number of carbonyl (C=O) groups excluding carboxylic acids is 2. The van der Waals surface area contributed by atoms with E-state index in [2.05, 4.69) is 10.3 Å². The summed E-state index contributed by atoms with van der Waals surface area (Å²) < 4.78 is 1.40. The number of anilines is 1. The van der Waals surface area contributed by atoms with Gasteiger partial charge in [-0.25, -0.2) is 4.98 Å². The first-order valence-corrected chi connectivity index (χ1v) is 11.5. The van der Waals surface area contributed by atoms with Gasteiger partial charge >= 0.3 is 0 Å². The fourth-order valence-electron chi connectivity index (χ4n) is 4.64. The van der Waals surface area contributed by atoms with Crippen LogP contribution >= 0.6 is 0 Å². The van der Waals surface area contributed by atoms with Gasteiger partial charge in [-0.3, -0.25) is 18.8 Å². The van der Waals surface area contributed by atoms with E-state index in [1.807, 2.05) is 11.0 Å². The number of nitrogens with one attached hydrogen (secondary N) is 1. The molecule has 1 saturated carbocycles. The second-order valence-corrected chi connectivity index (χ2v) is 8.72. The Morgan fingerprint density at radius 3 is 2.55 bits per heavy atom. The zero-order valence-electron chi connectivity index (χ0n) is 18.5. The van der Waals surface area contributed by atoms with Gasteiger partial charge in [0.05, 0.1) is 5.56 Å². The van der Waals surface area contributed by atoms with Crippen LogP contribution in [0.15, 0.2) is 34.8 Å². The number of piperidine rings is 1. The number of nitrogens with two attached hydrogens (primary N) is 1. The number of pyridine rings is 1. The van der Waals surface area contributed by atoms with E-state index in [1.54, 1.807) is 24.4 Å². The predicted octanol–water partition coefficient (Wildman–Crippen LogP) is 1.75. The van der Waals surface area contributed by atoms with Gasteiger partial charge in [0.15, 0.2) is 0 Å². The lowest BCUT2D eigenvalue weighted by atomic mass is 9.95.